The van der Waals surface area contributed by atoms with E-state index in [9.17, 15) is 4.79 Å². The van der Waals surface area contributed by atoms with Gasteiger partial charge in [0.05, 0.1) is 11.5 Å². The Labute approximate surface area is 148 Å². The van der Waals surface area contributed by atoms with Crippen molar-refractivity contribution in [3.05, 3.63) is 41.3 Å². The Hall–Kier alpha value is -1.81. The fourth-order valence-electron chi connectivity index (χ4n) is 3.32. The van der Waals surface area contributed by atoms with Crippen molar-refractivity contribution in [1.29, 1.82) is 0 Å². The summed E-state index contributed by atoms with van der Waals surface area (Å²) in [6.45, 7) is 5.73. The normalized spacial score (nSPS) is 17.8. The minimum atomic E-state index is 0.198. The first-order valence-corrected chi connectivity index (χ1v) is 9.68. The number of ether oxygens (including phenoxy) is 1. The van der Waals surface area contributed by atoms with E-state index in [1.54, 1.807) is 11.3 Å². The van der Waals surface area contributed by atoms with Crippen LogP contribution < -0.4 is 4.74 Å². The lowest BCUT2D eigenvalue weighted by atomic mass is 10.00. The number of benzene rings is 1. The number of rotatable bonds is 5. The molecule has 1 amide bonds. The molecule has 3 nitrogen and oxygen atoms in total. The average molecular weight is 343 g/mol. The molecule has 0 saturated carbocycles. The van der Waals surface area contributed by atoms with Crippen LogP contribution >= 0.6 is 11.3 Å². The number of nitrogens with zero attached hydrogens (tertiary/aromatic N) is 1. The lowest BCUT2D eigenvalue weighted by Crippen LogP contribution is -2.43. The van der Waals surface area contributed by atoms with Gasteiger partial charge in [0.15, 0.2) is 0 Å². The third-order valence-electron chi connectivity index (χ3n) is 4.63. The van der Waals surface area contributed by atoms with Crippen LogP contribution in [-0.2, 0) is 0 Å². The minimum Gasteiger partial charge on any atom is -0.494 e. The lowest BCUT2D eigenvalue weighted by molar-refractivity contribution is 0.0613. The van der Waals surface area contributed by atoms with Crippen molar-refractivity contribution in [3.63, 3.8) is 0 Å². The predicted octanol–water partition coefficient (Wildman–Crippen LogP) is 5.22. The van der Waals surface area contributed by atoms with Gasteiger partial charge in [0.2, 0.25) is 0 Å². The fourth-order valence-corrected chi connectivity index (χ4v) is 4.29. The molecule has 1 fully saturated rings. The summed E-state index contributed by atoms with van der Waals surface area (Å²) in [6.07, 6.45) is 4.55. The van der Waals surface area contributed by atoms with E-state index in [2.05, 4.69) is 30.0 Å². The van der Waals surface area contributed by atoms with E-state index in [0.29, 0.717) is 12.6 Å². The second kappa shape index (κ2) is 7.84. The molecule has 1 aromatic heterocycles. The van der Waals surface area contributed by atoms with Gasteiger partial charge in [0, 0.05) is 17.5 Å². The lowest BCUT2D eigenvalue weighted by Gasteiger charge is -2.35. The maximum atomic E-state index is 12.9. The molecule has 0 spiro atoms. The highest BCUT2D eigenvalue weighted by Crippen LogP contribution is 2.31. The number of piperidine rings is 1. The van der Waals surface area contributed by atoms with E-state index < -0.39 is 0 Å². The molecule has 0 N–H and O–H groups in total. The zero-order valence-electron chi connectivity index (χ0n) is 14.5. The smallest absolute Gasteiger partial charge is 0.264 e. The van der Waals surface area contributed by atoms with Gasteiger partial charge < -0.3 is 9.64 Å². The molecule has 24 heavy (non-hydrogen) atoms. The highest BCUT2D eigenvalue weighted by molar-refractivity contribution is 7.17. The Bertz CT molecular complexity index is 677. The van der Waals surface area contributed by atoms with E-state index in [-0.39, 0.29) is 5.91 Å². The standard InChI is InChI=1S/C20H25NO2S/c1-3-16-7-5-6-14-21(16)20(22)19-13-12-18(24-19)15-8-10-17(11-9-15)23-4-2/h8-13,16H,3-7,14H2,1-2H3/t16-/m1/s1. The molecule has 0 unspecified atom stereocenters. The van der Waals surface area contributed by atoms with Crippen LogP contribution in [0.15, 0.2) is 36.4 Å². The van der Waals surface area contributed by atoms with Gasteiger partial charge in [-0.25, -0.2) is 0 Å². The number of thiophene rings is 1. The molecule has 4 heteroatoms. The van der Waals surface area contributed by atoms with Crippen LogP contribution in [0.3, 0.4) is 0 Å². The summed E-state index contributed by atoms with van der Waals surface area (Å²) in [5.41, 5.74) is 1.13. The van der Waals surface area contributed by atoms with Gasteiger partial charge >= 0.3 is 0 Å². The van der Waals surface area contributed by atoms with E-state index in [1.807, 2.05) is 25.1 Å². The second-order valence-electron chi connectivity index (χ2n) is 6.18. The molecule has 2 heterocycles. The third-order valence-corrected chi connectivity index (χ3v) is 5.75. The first-order valence-electron chi connectivity index (χ1n) is 8.87. The molecule has 2 aromatic rings. The first kappa shape index (κ1) is 17.0. The Morgan fingerprint density at radius 2 is 1.96 bits per heavy atom. The van der Waals surface area contributed by atoms with Crippen LogP contribution in [0, 0.1) is 0 Å². The summed E-state index contributed by atoms with van der Waals surface area (Å²) in [5.74, 6) is 1.08. The van der Waals surface area contributed by atoms with Crippen molar-refractivity contribution in [2.24, 2.45) is 0 Å². The number of carbonyl (C=O) groups excluding carboxylic acids is 1. The number of carbonyl (C=O) groups is 1. The molecule has 0 radical (unpaired) electrons. The topological polar surface area (TPSA) is 29.5 Å². The first-order chi connectivity index (χ1) is 11.7. The maximum Gasteiger partial charge on any atom is 0.264 e. The summed E-state index contributed by atoms with van der Waals surface area (Å²) in [5, 5.41) is 0. The maximum absolute atomic E-state index is 12.9. The van der Waals surface area contributed by atoms with Crippen molar-refractivity contribution >= 4 is 17.2 Å². The Balaban J connectivity index is 1.75. The molecular formula is C20H25NO2S. The van der Waals surface area contributed by atoms with Crippen LogP contribution in [0.1, 0.15) is 49.2 Å². The number of amides is 1. The molecule has 0 bridgehead atoms. The molecule has 1 aromatic carbocycles. The molecule has 3 rings (SSSR count). The van der Waals surface area contributed by atoms with Gasteiger partial charge in [-0.15, -0.1) is 11.3 Å². The molecule has 1 aliphatic heterocycles. The van der Waals surface area contributed by atoms with E-state index in [0.717, 1.165) is 46.9 Å². The van der Waals surface area contributed by atoms with Gasteiger partial charge in [0.25, 0.3) is 5.91 Å². The van der Waals surface area contributed by atoms with Crippen molar-refractivity contribution in [3.8, 4) is 16.2 Å². The van der Waals surface area contributed by atoms with Crippen molar-refractivity contribution in [2.75, 3.05) is 13.2 Å². The highest BCUT2D eigenvalue weighted by atomic mass is 32.1. The third kappa shape index (κ3) is 3.64. The average Bonchev–Trinajstić information content (AvgIpc) is 3.12. The zero-order chi connectivity index (χ0) is 16.9. The van der Waals surface area contributed by atoms with Gasteiger partial charge in [0.1, 0.15) is 5.75 Å². The largest absolute Gasteiger partial charge is 0.494 e. The van der Waals surface area contributed by atoms with Crippen molar-refractivity contribution in [1.82, 2.24) is 4.90 Å². The predicted molar refractivity (Wildman–Crippen MR) is 99.9 cm³/mol. The van der Waals surface area contributed by atoms with Gasteiger partial charge in [-0.3, -0.25) is 4.79 Å². The minimum absolute atomic E-state index is 0.198. The Morgan fingerprint density at radius 3 is 2.67 bits per heavy atom. The van der Waals surface area contributed by atoms with Crippen LogP contribution in [0.5, 0.6) is 5.75 Å². The fraction of sp³-hybridized carbons (Fsp3) is 0.450. The summed E-state index contributed by atoms with van der Waals surface area (Å²) < 4.78 is 5.49. The van der Waals surface area contributed by atoms with Gasteiger partial charge in [-0.2, -0.15) is 0 Å². The van der Waals surface area contributed by atoms with Crippen LogP contribution in [0.2, 0.25) is 0 Å². The van der Waals surface area contributed by atoms with E-state index >= 15 is 0 Å². The van der Waals surface area contributed by atoms with Crippen LogP contribution in [0.4, 0.5) is 0 Å². The highest BCUT2D eigenvalue weighted by Gasteiger charge is 2.27. The number of hydrogen-bond acceptors (Lipinski definition) is 3. The van der Waals surface area contributed by atoms with Crippen LogP contribution in [-0.4, -0.2) is 30.0 Å². The molecule has 0 aliphatic carbocycles. The second-order valence-corrected chi connectivity index (χ2v) is 7.26. The molecular weight excluding hydrogens is 318 g/mol. The summed E-state index contributed by atoms with van der Waals surface area (Å²) in [7, 11) is 0. The molecule has 1 saturated heterocycles. The van der Waals surface area contributed by atoms with E-state index in [4.69, 9.17) is 4.74 Å². The molecule has 1 aliphatic rings. The summed E-state index contributed by atoms with van der Waals surface area (Å²) >= 11 is 1.59. The van der Waals surface area contributed by atoms with Crippen LogP contribution in [0.25, 0.3) is 10.4 Å². The monoisotopic (exact) mass is 343 g/mol. The summed E-state index contributed by atoms with van der Waals surface area (Å²) in [6, 6.07) is 12.5. The van der Waals surface area contributed by atoms with E-state index in [1.165, 1.54) is 6.42 Å². The SMILES string of the molecule is CCOc1ccc(-c2ccc(C(=O)N3CCCC[C@H]3CC)s2)cc1. The molecule has 128 valence electrons. The zero-order valence-corrected chi connectivity index (χ0v) is 15.3. The Morgan fingerprint density at radius 1 is 1.17 bits per heavy atom. The molecule has 1 atom stereocenters. The van der Waals surface area contributed by atoms with Gasteiger partial charge in [-0.05, 0) is 74.6 Å². The van der Waals surface area contributed by atoms with Crippen molar-refractivity contribution in [2.45, 2.75) is 45.6 Å². The summed E-state index contributed by atoms with van der Waals surface area (Å²) in [4.78, 5) is 16.9. The number of likely N-dealkylation sites (tertiary alicyclic amines) is 1. The van der Waals surface area contributed by atoms with Crippen molar-refractivity contribution < 1.29 is 9.53 Å². The number of hydrogen-bond donors (Lipinski definition) is 0. The van der Waals surface area contributed by atoms with Gasteiger partial charge in [-0.1, -0.05) is 6.92 Å². The Kier molecular flexibility index (Phi) is 5.56. The quantitative estimate of drug-likeness (QED) is 0.745.